The molecule has 2 aliphatic rings. The Morgan fingerprint density at radius 2 is 2.33 bits per heavy atom. The first-order valence-corrected chi connectivity index (χ1v) is 4.32. The number of aliphatic hydroxyl groups excluding tert-OH is 1. The minimum absolute atomic E-state index is 0. The zero-order chi connectivity index (χ0) is 7.73. The van der Waals surface area contributed by atoms with Crippen LogP contribution in [-0.2, 0) is 4.74 Å². The van der Waals surface area contributed by atoms with E-state index in [2.05, 4.69) is 5.32 Å². The lowest BCUT2D eigenvalue weighted by Crippen LogP contribution is -2.53. The fraction of sp³-hybridized carbons (Fsp3) is 1.00. The Balaban J connectivity index is 0.000000720. The zero-order valence-corrected chi connectivity index (χ0v) is 7.90. The first-order valence-electron chi connectivity index (χ1n) is 4.32. The van der Waals surface area contributed by atoms with E-state index in [1.807, 2.05) is 0 Å². The Hall–Kier alpha value is 0.170. The lowest BCUT2D eigenvalue weighted by atomic mass is 9.87. The van der Waals surface area contributed by atoms with Crippen LogP contribution in [0.4, 0.5) is 0 Å². The van der Waals surface area contributed by atoms with Gasteiger partial charge in [-0.05, 0) is 25.8 Å². The number of halogens is 1. The van der Waals surface area contributed by atoms with Crippen molar-refractivity contribution in [1.29, 1.82) is 0 Å². The Morgan fingerprint density at radius 1 is 1.50 bits per heavy atom. The highest BCUT2D eigenvalue weighted by Gasteiger charge is 2.38. The van der Waals surface area contributed by atoms with Crippen molar-refractivity contribution in [2.45, 2.75) is 30.9 Å². The van der Waals surface area contributed by atoms with Crippen molar-refractivity contribution in [3.05, 3.63) is 0 Å². The third-order valence-electron chi connectivity index (χ3n) is 2.71. The van der Waals surface area contributed by atoms with Gasteiger partial charge in [0.1, 0.15) is 0 Å². The summed E-state index contributed by atoms with van der Waals surface area (Å²) in [5.41, 5.74) is 0.123. The average Bonchev–Trinajstić information content (AvgIpc) is 2.37. The van der Waals surface area contributed by atoms with Crippen LogP contribution in [0.3, 0.4) is 0 Å². The first-order chi connectivity index (χ1) is 5.31. The van der Waals surface area contributed by atoms with E-state index in [4.69, 9.17) is 4.74 Å². The lowest BCUT2D eigenvalue weighted by molar-refractivity contribution is 0.0669. The highest BCUT2D eigenvalue weighted by Crippen LogP contribution is 2.27. The van der Waals surface area contributed by atoms with Crippen molar-refractivity contribution in [3.8, 4) is 0 Å². The standard InChI is InChI=1S/C8H15NO2.ClH/c10-7-1-3-9-8(5-7)2-4-11-6-8;/h7,9-10H,1-6H2;1H. The van der Waals surface area contributed by atoms with Crippen LogP contribution in [0.2, 0.25) is 0 Å². The van der Waals surface area contributed by atoms with Crippen molar-refractivity contribution in [2.24, 2.45) is 0 Å². The normalized spacial score (nSPS) is 41.2. The van der Waals surface area contributed by atoms with Gasteiger partial charge in [0.15, 0.2) is 0 Å². The molecule has 0 bridgehead atoms. The number of hydrogen-bond acceptors (Lipinski definition) is 3. The van der Waals surface area contributed by atoms with Crippen molar-refractivity contribution in [3.63, 3.8) is 0 Å². The number of aliphatic hydroxyl groups is 1. The van der Waals surface area contributed by atoms with Crippen LogP contribution in [0.15, 0.2) is 0 Å². The summed E-state index contributed by atoms with van der Waals surface area (Å²) >= 11 is 0. The van der Waals surface area contributed by atoms with Gasteiger partial charge in [0.05, 0.1) is 12.7 Å². The molecule has 0 radical (unpaired) electrons. The van der Waals surface area contributed by atoms with Crippen LogP contribution in [0.25, 0.3) is 0 Å². The number of hydrogen-bond donors (Lipinski definition) is 2. The highest BCUT2D eigenvalue weighted by atomic mass is 35.5. The first kappa shape index (κ1) is 10.3. The van der Waals surface area contributed by atoms with Gasteiger partial charge in [0.25, 0.3) is 0 Å². The second-order valence-corrected chi connectivity index (χ2v) is 3.66. The molecule has 2 N–H and O–H groups in total. The van der Waals surface area contributed by atoms with Gasteiger partial charge in [-0.15, -0.1) is 12.4 Å². The van der Waals surface area contributed by atoms with Crippen molar-refractivity contribution in [2.75, 3.05) is 19.8 Å². The summed E-state index contributed by atoms with van der Waals surface area (Å²) in [5.74, 6) is 0. The topological polar surface area (TPSA) is 41.5 Å². The van der Waals surface area contributed by atoms with Crippen LogP contribution in [0, 0.1) is 0 Å². The van der Waals surface area contributed by atoms with Crippen LogP contribution < -0.4 is 5.32 Å². The quantitative estimate of drug-likeness (QED) is 0.582. The molecule has 0 amide bonds. The van der Waals surface area contributed by atoms with E-state index in [1.165, 1.54) is 0 Å². The SMILES string of the molecule is Cl.OC1CCNC2(CCOC2)C1. The van der Waals surface area contributed by atoms with E-state index in [9.17, 15) is 5.11 Å². The molecular weight excluding hydrogens is 178 g/mol. The van der Waals surface area contributed by atoms with E-state index in [1.54, 1.807) is 0 Å². The average molecular weight is 194 g/mol. The fourth-order valence-electron chi connectivity index (χ4n) is 2.04. The number of rotatable bonds is 0. The molecular formula is C8H16ClNO2. The largest absolute Gasteiger partial charge is 0.393 e. The molecule has 1 spiro atoms. The Bertz CT molecular complexity index is 148. The maximum Gasteiger partial charge on any atom is 0.0650 e. The Labute approximate surface area is 78.9 Å². The molecule has 2 saturated heterocycles. The van der Waals surface area contributed by atoms with E-state index >= 15 is 0 Å². The summed E-state index contributed by atoms with van der Waals surface area (Å²) in [6.45, 7) is 2.56. The molecule has 2 fully saturated rings. The van der Waals surface area contributed by atoms with Crippen molar-refractivity contribution < 1.29 is 9.84 Å². The van der Waals surface area contributed by atoms with Crippen molar-refractivity contribution in [1.82, 2.24) is 5.32 Å². The molecule has 4 heteroatoms. The molecule has 12 heavy (non-hydrogen) atoms. The number of nitrogens with one attached hydrogen (secondary N) is 1. The van der Waals surface area contributed by atoms with Crippen LogP contribution in [-0.4, -0.2) is 36.5 Å². The molecule has 72 valence electrons. The predicted octanol–water partition coefficient (Wildman–Crippen LogP) is 0.312. The van der Waals surface area contributed by atoms with Gasteiger partial charge in [-0.1, -0.05) is 0 Å². The molecule has 0 aromatic heterocycles. The molecule has 3 nitrogen and oxygen atoms in total. The maximum atomic E-state index is 9.44. The second kappa shape index (κ2) is 3.92. The molecule has 0 saturated carbocycles. The van der Waals surface area contributed by atoms with Gasteiger partial charge in [-0.3, -0.25) is 0 Å². The van der Waals surface area contributed by atoms with Gasteiger partial charge in [0, 0.05) is 12.1 Å². The van der Waals surface area contributed by atoms with Gasteiger partial charge in [-0.25, -0.2) is 0 Å². The summed E-state index contributed by atoms with van der Waals surface area (Å²) in [7, 11) is 0. The fourth-order valence-corrected chi connectivity index (χ4v) is 2.04. The van der Waals surface area contributed by atoms with Gasteiger partial charge in [-0.2, -0.15) is 0 Å². The molecule has 2 aliphatic heterocycles. The third-order valence-corrected chi connectivity index (χ3v) is 2.71. The van der Waals surface area contributed by atoms with Crippen LogP contribution in [0.1, 0.15) is 19.3 Å². The molecule has 2 atom stereocenters. The van der Waals surface area contributed by atoms with E-state index < -0.39 is 0 Å². The summed E-state index contributed by atoms with van der Waals surface area (Å²) in [4.78, 5) is 0. The molecule has 0 aromatic carbocycles. The van der Waals surface area contributed by atoms with Crippen LogP contribution >= 0.6 is 12.4 Å². The third kappa shape index (κ3) is 1.91. The summed E-state index contributed by atoms with van der Waals surface area (Å²) in [6.07, 6.45) is 2.71. The van der Waals surface area contributed by atoms with E-state index in [0.29, 0.717) is 0 Å². The molecule has 2 unspecified atom stereocenters. The molecule has 0 aromatic rings. The van der Waals surface area contributed by atoms with Gasteiger partial charge >= 0.3 is 0 Å². The van der Waals surface area contributed by atoms with E-state index in [-0.39, 0.29) is 24.0 Å². The Morgan fingerprint density at radius 3 is 2.92 bits per heavy atom. The van der Waals surface area contributed by atoms with E-state index in [0.717, 1.165) is 39.0 Å². The summed E-state index contributed by atoms with van der Waals surface area (Å²) in [5, 5.41) is 12.9. The second-order valence-electron chi connectivity index (χ2n) is 3.66. The van der Waals surface area contributed by atoms with Gasteiger partial charge < -0.3 is 15.2 Å². The summed E-state index contributed by atoms with van der Waals surface area (Å²) in [6, 6.07) is 0. The van der Waals surface area contributed by atoms with Gasteiger partial charge in [0.2, 0.25) is 0 Å². The van der Waals surface area contributed by atoms with Crippen molar-refractivity contribution >= 4 is 12.4 Å². The monoisotopic (exact) mass is 193 g/mol. The summed E-state index contributed by atoms with van der Waals surface area (Å²) < 4.78 is 5.31. The minimum Gasteiger partial charge on any atom is -0.393 e. The lowest BCUT2D eigenvalue weighted by Gasteiger charge is -2.35. The smallest absolute Gasteiger partial charge is 0.0650 e. The van der Waals surface area contributed by atoms with Crippen LogP contribution in [0.5, 0.6) is 0 Å². The molecule has 2 rings (SSSR count). The minimum atomic E-state index is -0.113. The molecule has 0 aliphatic carbocycles. The Kier molecular flexibility index (Phi) is 3.35. The highest BCUT2D eigenvalue weighted by molar-refractivity contribution is 5.85. The molecule has 2 heterocycles. The zero-order valence-electron chi connectivity index (χ0n) is 7.08. The number of ether oxygens (including phenoxy) is 1. The number of piperidine rings is 1. The maximum absolute atomic E-state index is 9.44. The predicted molar refractivity (Wildman–Crippen MR) is 48.7 cm³/mol.